The van der Waals surface area contributed by atoms with E-state index in [0.29, 0.717) is 12.2 Å². The molecule has 0 aliphatic heterocycles. The van der Waals surface area contributed by atoms with Gasteiger partial charge in [0.05, 0.1) is 35.6 Å². The van der Waals surface area contributed by atoms with Crippen LogP contribution in [-0.2, 0) is 11.3 Å². The van der Waals surface area contributed by atoms with Crippen molar-refractivity contribution in [2.24, 2.45) is 0 Å². The molecule has 4 aromatic heterocycles. The third-order valence-corrected chi connectivity index (χ3v) is 6.19. The first-order valence-electron chi connectivity index (χ1n) is 10.5. The van der Waals surface area contributed by atoms with E-state index in [4.69, 9.17) is 0 Å². The molecule has 0 aliphatic carbocycles. The number of nitrogens with zero attached hydrogens (tertiary/aromatic N) is 6. The first-order valence-corrected chi connectivity index (χ1v) is 11.5. The molecule has 9 heteroatoms. The molecule has 0 unspecified atom stereocenters. The third kappa shape index (κ3) is 4.68. The van der Waals surface area contributed by atoms with Gasteiger partial charge < -0.3 is 9.72 Å². The van der Waals surface area contributed by atoms with Gasteiger partial charge in [-0.3, -0.25) is 14.0 Å². The Morgan fingerprint density at radius 1 is 1.12 bits per heavy atom. The lowest BCUT2D eigenvalue weighted by Gasteiger charge is -2.11. The summed E-state index contributed by atoms with van der Waals surface area (Å²) in [4.78, 5) is 21.6. The Morgan fingerprint density at radius 3 is 2.91 bits per heavy atom. The van der Waals surface area contributed by atoms with Gasteiger partial charge in [-0.25, -0.2) is 9.97 Å². The Morgan fingerprint density at radius 2 is 2.03 bits per heavy atom. The summed E-state index contributed by atoms with van der Waals surface area (Å²) in [5.74, 6) is 0.141. The zero-order chi connectivity index (χ0) is 22.8. The van der Waals surface area contributed by atoms with E-state index in [1.165, 1.54) is 17.3 Å². The van der Waals surface area contributed by atoms with Crippen molar-refractivity contribution in [2.45, 2.75) is 25.5 Å². The van der Waals surface area contributed by atoms with Crippen molar-refractivity contribution < 1.29 is 4.79 Å². The molecule has 0 saturated carbocycles. The van der Waals surface area contributed by atoms with E-state index in [0.717, 1.165) is 27.7 Å². The zero-order valence-electron chi connectivity index (χ0n) is 18.3. The molecule has 1 aromatic carbocycles. The highest BCUT2D eigenvalue weighted by atomic mass is 32.2. The molecule has 0 bridgehead atoms. The molecule has 0 aliphatic rings. The fraction of sp³-hybridized carbons (Fsp3) is 0.167. The van der Waals surface area contributed by atoms with Crippen LogP contribution >= 0.6 is 11.8 Å². The summed E-state index contributed by atoms with van der Waals surface area (Å²) in [6, 6.07) is 12.2. The Balaban J connectivity index is 1.20. The third-order valence-electron chi connectivity index (χ3n) is 5.22. The number of pyridine rings is 1. The lowest BCUT2D eigenvalue weighted by Crippen LogP contribution is -2.14. The fourth-order valence-corrected chi connectivity index (χ4v) is 4.40. The van der Waals surface area contributed by atoms with Gasteiger partial charge in [-0.1, -0.05) is 30.0 Å². The average molecular weight is 458 g/mol. The quantitative estimate of drug-likeness (QED) is 0.372. The van der Waals surface area contributed by atoms with Gasteiger partial charge in [0.25, 0.3) is 0 Å². The molecule has 0 saturated heterocycles. The van der Waals surface area contributed by atoms with E-state index in [1.807, 2.05) is 52.0 Å². The smallest absolute Gasteiger partial charge is 0.234 e. The van der Waals surface area contributed by atoms with E-state index in [-0.39, 0.29) is 11.7 Å². The van der Waals surface area contributed by atoms with Crippen LogP contribution in [0.4, 0.5) is 5.69 Å². The maximum atomic E-state index is 12.5. The molecule has 0 fully saturated rings. The van der Waals surface area contributed by atoms with E-state index < -0.39 is 0 Å². The number of carbonyl (C=O) groups excluding carboxylic acids is 1. The molecule has 4 heterocycles. The number of amides is 1. The van der Waals surface area contributed by atoms with Gasteiger partial charge >= 0.3 is 0 Å². The first kappa shape index (κ1) is 21.0. The molecular weight excluding hydrogens is 434 g/mol. The van der Waals surface area contributed by atoms with Crippen LogP contribution in [-0.4, -0.2) is 40.4 Å². The monoisotopic (exact) mass is 457 g/mol. The molecule has 1 N–H and O–H groups in total. The maximum Gasteiger partial charge on any atom is 0.234 e. The second kappa shape index (κ2) is 8.95. The molecule has 0 atom stereocenters. The number of nitrogens with one attached hydrogen (secondary N) is 1. The fourth-order valence-electron chi connectivity index (χ4n) is 3.63. The topological polar surface area (TPSA) is 82.0 Å². The number of aryl methyl sites for hydroxylation is 2. The number of carbonyl (C=O) groups is 1. The van der Waals surface area contributed by atoms with Crippen molar-refractivity contribution >= 4 is 29.0 Å². The number of hydrogen-bond acceptors (Lipinski definition) is 5. The van der Waals surface area contributed by atoms with Crippen LogP contribution < -0.4 is 5.32 Å². The lowest BCUT2D eigenvalue weighted by molar-refractivity contribution is -0.113. The minimum Gasteiger partial charge on any atom is -0.323 e. The molecule has 1 amide bonds. The Hall–Kier alpha value is -3.85. The zero-order valence-corrected chi connectivity index (χ0v) is 19.2. The molecule has 5 aromatic rings. The molecule has 5 rings (SSSR count). The van der Waals surface area contributed by atoms with Gasteiger partial charge in [0, 0.05) is 31.0 Å². The summed E-state index contributed by atoms with van der Waals surface area (Å²) >= 11 is 1.40. The molecule has 0 radical (unpaired) electrons. The van der Waals surface area contributed by atoms with Gasteiger partial charge in [-0.05, 0) is 43.2 Å². The van der Waals surface area contributed by atoms with E-state index in [1.54, 1.807) is 17.1 Å². The number of aromatic nitrogens is 6. The van der Waals surface area contributed by atoms with Crippen molar-refractivity contribution in [2.75, 3.05) is 11.1 Å². The summed E-state index contributed by atoms with van der Waals surface area (Å²) in [6.45, 7) is 4.66. The molecule has 33 heavy (non-hydrogen) atoms. The van der Waals surface area contributed by atoms with Crippen molar-refractivity contribution in [3.8, 4) is 5.69 Å². The minimum atomic E-state index is -0.109. The standard InChI is InChI=1S/C24H23N7OS/c1-17-6-7-18(2)21(11-17)31-10-8-25-24(31)33-16-23(32)28-19-12-26-30(14-19)15-20-13-29-9-4-3-5-22(29)27-20/h3-14H,15-16H2,1-2H3,(H,28,32). The molecule has 0 spiro atoms. The van der Waals surface area contributed by atoms with Crippen molar-refractivity contribution in [3.05, 3.63) is 90.4 Å². The summed E-state index contributed by atoms with van der Waals surface area (Å²) in [5, 5.41) is 8.04. The second-order valence-corrected chi connectivity index (χ2v) is 8.77. The summed E-state index contributed by atoms with van der Waals surface area (Å²) in [5.41, 5.74) is 5.85. The average Bonchev–Trinajstić information content (AvgIpc) is 3.53. The molecule has 8 nitrogen and oxygen atoms in total. The number of rotatable bonds is 7. The van der Waals surface area contributed by atoms with Crippen molar-refractivity contribution in [1.29, 1.82) is 0 Å². The van der Waals surface area contributed by atoms with E-state index in [2.05, 4.69) is 52.4 Å². The van der Waals surface area contributed by atoms with Crippen LogP contribution in [0.3, 0.4) is 0 Å². The van der Waals surface area contributed by atoms with Crippen LogP contribution in [0.5, 0.6) is 0 Å². The Bertz CT molecular complexity index is 1400. The highest BCUT2D eigenvalue weighted by molar-refractivity contribution is 7.99. The number of anilines is 1. The van der Waals surface area contributed by atoms with Crippen LogP contribution in [0, 0.1) is 13.8 Å². The normalized spacial score (nSPS) is 11.2. The summed E-state index contributed by atoms with van der Waals surface area (Å²) in [6.07, 6.45) is 11.1. The molecule has 166 valence electrons. The highest BCUT2D eigenvalue weighted by Gasteiger charge is 2.12. The predicted octanol–water partition coefficient (Wildman–Crippen LogP) is 4.11. The lowest BCUT2D eigenvalue weighted by atomic mass is 10.1. The first-order chi connectivity index (χ1) is 16.0. The summed E-state index contributed by atoms with van der Waals surface area (Å²) in [7, 11) is 0. The maximum absolute atomic E-state index is 12.5. The van der Waals surface area contributed by atoms with Crippen LogP contribution in [0.25, 0.3) is 11.3 Å². The van der Waals surface area contributed by atoms with Gasteiger partial charge in [-0.15, -0.1) is 0 Å². The van der Waals surface area contributed by atoms with Gasteiger partial charge in [-0.2, -0.15) is 5.10 Å². The Labute approximate surface area is 195 Å². The highest BCUT2D eigenvalue weighted by Crippen LogP contribution is 2.24. The van der Waals surface area contributed by atoms with Crippen LogP contribution in [0.1, 0.15) is 16.8 Å². The number of fused-ring (bicyclic) bond motifs is 1. The minimum absolute atomic E-state index is 0.109. The number of benzene rings is 1. The SMILES string of the molecule is Cc1ccc(C)c(-n2ccnc2SCC(=O)Nc2cnn(Cc3cn4ccccc4n3)c2)c1. The van der Waals surface area contributed by atoms with Gasteiger partial charge in [0.2, 0.25) is 5.91 Å². The Kier molecular flexibility index (Phi) is 5.70. The van der Waals surface area contributed by atoms with Crippen LogP contribution in [0.15, 0.2) is 78.7 Å². The largest absolute Gasteiger partial charge is 0.323 e. The second-order valence-electron chi connectivity index (χ2n) is 7.83. The van der Waals surface area contributed by atoms with Crippen LogP contribution in [0.2, 0.25) is 0 Å². The van der Waals surface area contributed by atoms with E-state index >= 15 is 0 Å². The number of thioether (sulfide) groups is 1. The number of imidazole rings is 2. The summed E-state index contributed by atoms with van der Waals surface area (Å²) < 4.78 is 5.76. The van der Waals surface area contributed by atoms with E-state index in [9.17, 15) is 4.79 Å². The van der Waals surface area contributed by atoms with Crippen molar-refractivity contribution in [3.63, 3.8) is 0 Å². The predicted molar refractivity (Wildman–Crippen MR) is 129 cm³/mol. The molecular formula is C24H23N7OS. The van der Waals surface area contributed by atoms with Crippen molar-refractivity contribution in [1.82, 2.24) is 28.7 Å². The number of hydrogen-bond donors (Lipinski definition) is 1. The van der Waals surface area contributed by atoms with Gasteiger partial charge in [0.15, 0.2) is 5.16 Å². The van der Waals surface area contributed by atoms with Gasteiger partial charge in [0.1, 0.15) is 5.65 Å².